The summed E-state index contributed by atoms with van der Waals surface area (Å²) in [6, 6.07) is 2.73. The molecular weight excluding hydrogens is 158 g/mol. The molecule has 0 radical (unpaired) electrons. The van der Waals surface area contributed by atoms with Crippen molar-refractivity contribution in [1.29, 1.82) is 0 Å². The fourth-order valence-electron chi connectivity index (χ4n) is 1.11. The Labute approximate surface area is 66.9 Å². The van der Waals surface area contributed by atoms with Gasteiger partial charge in [-0.1, -0.05) is 0 Å². The molecule has 5 nitrogen and oxygen atoms in total. The van der Waals surface area contributed by atoms with Gasteiger partial charge in [-0.15, -0.1) is 0 Å². The van der Waals surface area contributed by atoms with Gasteiger partial charge in [0.25, 0.3) is 0 Å². The predicted octanol–water partition coefficient (Wildman–Crippen LogP) is -0.674. The fraction of sp³-hybridized carbons (Fsp3) is 0.143. The smallest absolute Gasteiger partial charge is 0.290 e. The highest BCUT2D eigenvalue weighted by molar-refractivity contribution is 5.35. The average molecular weight is 165 g/mol. The molecule has 0 aliphatic heterocycles. The summed E-state index contributed by atoms with van der Waals surface area (Å²) in [5.74, 6) is 0. The van der Waals surface area contributed by atoms with Gasteiger partial charge in [-0.05, 0) is 0 Å². The maximum Gasteiger partial charge on any atom is 0.348 e. The van der Waals surface area contributed by atoms with Gasteiger partial charge >= 0.3 is 5.69 Å². The number of pyridine rings is 1. The number of hydrogen-bond donors (Lipinski definition) is 1. The molecule has 0 fully saturated rings. The summed E-state index contributed by atoms with van der Waals surface area (Å²) in [5.41, 5.74) is 0.205. The third-order valence-electron chi connectivity index (χ3n) is 1.70. The SMILES string of the molecule is Cn1[nH]c2cc(=O)ccn2c1=O. The van der Waals surface area contributed by atoms with Crippen LogP contribution in [0.5, 0.6) is 0 Å². The number of fused-ring (bicyclic) bond motifs is 1. The van der Waals surface area contributed by atoms with Gasteiger partial charge in [0.15, 0.2) is 5.43 Å². The Morgan fingerprint density at radius 3 is 2.92 bits per heavy atom. The first kappa shape index (κ1) is 6.90. The topological polar surface area (TPSA) is 59.3 Å². The number of nitrogens with one attached hydrogen (secondary N) is 1. The Morgan fingerprint density at radius 2 is 2.17 bits per heavy atom. The Hall–Kier alpha value is -1.78. The molecule has 0 bridgehead atoms. The summed E-state index contributed by atoms with van der Waals surface area (Å²) < 4.78 is 2.69. The fourth-order valence-corrected chi connectivity index (χ4v) is 1.11. The molecule has 0 aromatic carbocycles. The van der Waals surface area contributed by atoms with Gasteiger partial charge in [0, 0.05) is 25.4 Å². The van der Waals surface area contributed by atoms with E-state index in [9.17, 15) is 9.59 Å². The van der Waals surface area contributed by atoms with Crippen molar-refractivity contribution in [1.82, 2.24) is 14.2 Å². The van der Waals surface area contributed by atoms with Crippen LogP contribution < -0.4 is 11.1 Å². The number of H-pyrrole nitrogens is 1. The lowest BCUT2D eigenvalue weighted by Crippen LogP contribution is -2.17. The number of nitrogens with zero attached hydrogens (tertiary/aromatic N) is 2. The van der Waals surface area contributed by atoms with Crippen molar-refractivity contribution >= 4 is 5.65 Å². The number of aromatic nitrogens is 3. The van der Waals surface area contributed by atoms with Gasteiger partial charge in [-0.25, -0.2) is 9.48 Å². The first-order valence-electron chi connectivity index (χ1n) is 3.46. The van der Waals surface area contributed by atoms with Gasteiger partial charge < -0.3 is 0 Å². The minimum Gasteiger partial charge on any atom is -0.290 e. The van der Waals surface area contributed by atoms with Crippen LogP contribution in [0.15, 0.2) is 27.9 Å². The largest absolute Gasteiger partial charge is 0.348 e. The molecule has 0 saturated carbocycles. The standard InChI is InChI=1S/C7H7N3O2/c1-9-7(12)10-3-2-5(11)4-6(10)8-9/h2-4,8H,1H3. The summed E-state index contributed by atoms with van der Waals surface area (Å²) >= 11 is 0. The van der Waals surface area contributed by atoms with E-state index < -0.39 is 0 Å². The van der Waals surface area contributed by atoms with Crippen molar-refractivity contribution in [2.45, 2.75) is 0 Å². The summed E-state index contributed by atoms with van der Waals surface area (Å²) in [6.45, 7) is 0. The number of aryl methyl sites for hydroxylation is 1. The molecule has 2 rings (SSSR count). The molecule has 0 saturated heterocycles. The van der Waals surface area contributed by atoms with Gasteiger partial charge in [0.1, 0.15) is 5.65 Å². The van der Waals surface area contributed by atoms with Crippen molar-refractivity contribution in [2.75, 3.05) is 0 Å². The van der Waals surface area contributed by atoms with Gasteiger partial charge in [-0.2, -0.15) is 0 Å². The normalized spacial score (nSPS) is 10.8. The molecule has 0 unspecified atom stereocenters. The van der Waals surface area contributed by atoms with Crippen molar-refractivity contribution in [3.05, 3.63) is 39.0 Å². The first-order valence-corrected chi connectivity index (χ1v) is 3.46. The van der Waals surface area contributed by atoms with Crippen molar-refractivity contribution < 1.29 is 0 Å². The average Bonchev–Trinajstić information content (AvgIpc) is 2.28. The highest BCUT2D eigenvalue weighted by atomic mass is 16.2. The van der Waals surface area contributed by atoms with Crippen LogP contribution in [0, 0.1) is 0 Å². The molecule has 2 aromatic rings. The molecule has 1 N–H and O–H groups in total. The number of rotatable bonds is 0. The van der Waals surface area contributed by atoms with E-state index in [1.165, 1.54) is 27.4 Å². The van der Waals surface area contributed by atoms with Crippen LogP contribution in [0.3, 0.4) is 0 Å². The van der Waals surface area contributed by atoms with E-state index in [2.05, 4.69) is 5.10 Å². The molecule has 5 heteroatoms. The molecule has 0 amide bonds. The van der Waals surface area contributed by atoms with E-state index in [0.717, 1.165) is 0 Å². The minimum absolute atomic E-state index is 0.114. The molecule has 2 heterocycles. The van der Waals surface area contributed by atoms with Crippen LogP contribution in [0.1, 0.15) is 0 Å². The third kappa shape index (κ3) is 0.795. The second-order valence-corrected chi connectivity index (χ2v) is 2.57. The lowest BCUT2D eigenvalue weighted by molar-refractivity contribution is 0.733. The zero-order valence-corrected chi connectivity index (χ0v) is 6.44. The summed E-state index contributed by atoms with van der Waals surface area (Å²) in [4.78, 5) is 22.1. The van der Waals surface area contributed by atoms with E-state index in [-0.39, 0.29) is 11.1 Å². The monoisotopic (exact) mass is 165 g/mol. The Balaban J connectivity index is 3.06. The van der Waals surface area contributed by atoms with E-state index in [0.29, 0.717) is 5.65 Å². The highest BCUT2D eigenvalue weighted by Gasteiger charge is 1.99. The molecule has 2 aromatic heterocycles. The van der Waals surface area contributed by atoms with E-state index >= 15 is 0 Å². The Morgan fingerprint density at radius 1 is 1.42 bits per heavy atom. The third-order valence-corrected chi connectivity index (χ3v) is 1.70. The van der Waals surface area contributed by atoms with Gasteiger partial charge in [0.05, 0.1) is 0 Å². The predicted molar refractivity (Wildman–Crippen MR) is 43.3 cm³/mol. The van der Waals surface area contributed by atoms with Crippen LogP contribution in [-0.2, 0) is 7.05 Å². The van der Waals surface area contributed by atoms with Crippen molar-refractivity contribution in [3.63, 3.8) is 0 Å². The lowest BCUT2D eigenvalue weighted by atomic mass is 10.5. The van der Waals surface area contributed by atoms with Crippen LogP contribution in [0.4, 0.5) is 0 Å². The van der Waals surface area contributed by atoms with Crippen molar-refractivity contribution in [2.24, 2.45) is 7.05 Å². The molecular formula is C7H7N3O2. The van der Waals surface area contributed by atoms with Crippen LogP contribution in [0.2, 0.25) is 0 Å². The summed E-state index contributed by atoms with van der Waals surface area (Å²) in [5, 5.41) is 2.73. The molecule has 12 heavy (non-hydrogen) atoms. The quantitative estimate of drug-likeness (QED) is 0.562. The van der Waals surface area contributed by atoms with E-state index in [4.69, 9.17) is 0 Å². The number of aromatic amines is 1. The van der Waals surface area contributed by atoms with E-state index in [1.807, 2.05) is 0 Å². The van der Waals surface area contributed by atoms with Gasteiger partial charge in [-0.3, -0.25) is 14.3 Å². The molecule has 0 aliphatic rings. The zero-order chi connectivity index (χ0) is 8.72. The molecule has 0 spiro atoms. The summed E-state index contributed by atoms with van der Waals surface area (Å²) in [6.07, 6.45) is 1.45. The number of hydrogen-bond acceptors (Lipinski definition) is 2. The maximum absolute atomic E-state index is 11.2. The highest BCUT2D eigenvalue weighted by Crippen LogP contribution is 1.88. The Kier molecular flexibility index (Phi) is 1.21. The zero-order valence-electron chi connectivity index (χ0n) is 6.44. The van der Waals surface area contributed by atoms with Crippen LogP contribution in [0.25, 0.3) is 5.65 Å². The molecule has 0 atom stereocenters. The second-order valence-electron chi connectivity index (χ2n) is 2.57. The minimum atomic E-state index is -0.190. The molecule has 62 valence electrons. The lowest BCUT2D eigenvalue weighted by Gasteiger charge is -1.84. The summed E-state index contributed by atoms with van der Waals surface area (Å²) in [7, 11) is 1.60. The van der Waals surface area contributed by atoms with E-state index in [1.54, 1.807) is 7.05 Å². The first-order chi connectivity index (χ1) is 5.68. The van der Waals surface area contributed by atoms with Crippen LogP contribution >= 0.6 is 0 Å². The van der Waals surface area contributed by atoms with Crippen LogP contribution in [-0.4, -0.2) is 14.2 Å². The Bertz CT molecular complexity index is 531. The van der Waals surface area contributed by atoms with Gasteiger partial charge in [0.2, 0.25) is 0 Å². The van der Waals surface area contributed by atoms with Crippen molar-refractivity contribution in [3.8, 4) is 0 Å². The molecule has 0 aliphatic carbocycles. The maximum atomic E-state index is 11.2. The second kappa shape index (κ2) is 2.10.